The lowest BCUT2D eigenvalue weighted by Gasteiger charge is -2.05. The van der Waals surface area contributed by atoms with E-state index in [9.17, 15) is 13.2 Å². The summed E-state index contributed by atoms with van der Waals surface area (Å²) in [4.78, 5) is 11.7. The van der Waals surface area contributed by atoms with Crippen molar-refractivity contribution in [2.45, 2.75) is 6.54 Å². The van der Waals surface area contributed by atoms with Crippen molar-refractivity contribution in [3.05, 3.63) is 35.4 Å². The second-order valence-corrected chi connectivity index (χ2v) is 6.05. The molecule has 6 heteroatoms. The molecule has 0 saturated carbocycles. The first kappa shape index (κ1) is 13.7. The van der Waals surface area contributed by atoms with Crippen molar-refractivity contribution in [3.8, 4) is 0 Å². The second-order valence-electron chi connectivity index (χ2n) is 3.79. The van der Waals surface area contributed by atoms with Crippen LogP contribution in [0.4, 0.5) is 0 Å². The predicted octanol–water partition coefficient (Wildman–Crippen LogP) is -0.0803. The van der Waals surface area contributed by atoms with Crippen LogP contribution in [-0.4, -0.2) is 32.9 Å². The van der Waals surface area contributed by atoms with Gasteiger partial charge in [0.05, 0.1) is 5.75 Å². The lowest BCUT2D eigenvalue weighted by atomic mass is 10.1. The van der Waals surface area contributed by atoms with E-state index in [0.717, 1.165) is 11.8 Å². The molecule has 0 bridgehead atoms. The Morgan fingerprint density at radius 3 is 2.71 bits per heavy atom. The molecule has 5 nitrogen and oxygen atoms in total. The molecule has 1 amide bonds. The lowest BCUT2D eigenvalue weighted by molar-refractivity contribution is 0.0956. The average Bonchev–Trinajstić information content (AvgIpc) is 2.27. The smallest absolute Gasteiger partial charge is 0.251 e. The van der Waals surface area contributed by atoms with Gasteiger partial charge in [-0.3, -0.25) is 4.79 Å². The van der Waals surface area contributed by atoms with Crippen LogP contribution < -0.4 is 11.1 Å². The third-order valence-electron chi connectivity index (χ3n) is 2.18. The molecule has 1 aromatic rings. The fraction of sp³-hybridized carbons (Fsp3) is 0.364. The van der Waals surface area contributed by atoms with E-state index in [1.165, 1.54) is 0 Å². The molecule has 17 heavy (non-hydrogen) atoms. The number of benzene rings is 1. The normalized spacial score (nSPS) is 11.2. The van der Waals surface area contributed by atoms with Crippen LogP contribution in [0.3, 0.4) is 0 Å². The molecule has 0 aliphatic carbocycles. The number of nitrogens with two attached hydrogens (primary N) is 1. The first-order valence-electron chi connectivity index (χ1n) is 5.17. The van der Waals surface area contributed by atoms with E-state index in [-0.39, 0.29) is 18.2 Å². The molecule has 0 atom stereocenters. The van der Waals surface area contributed by atoms with Crippen LogP contribution in [0.5, 0.6) is 0 Å². The number of carbonyl (C=O) groups is 1. The molecule has 0 radical (unpaired) electrons. The molecular weight excluding hydrogens is 240 g/mol. The van der Waals surface area contributed by atoms with Gasteiger partial charge in [0.15, 0.2) is 0 Å². The number of rotatable bonds is 5. The van der Waals surface area contributed by atoms with Gasteiger partial charge in [0, 0.05) is 24.9 Å². The van der Waals surface area contributed by atoms with E-state index in [4.69, 9.17) is 5.73 Å². The SMILES string of the molecule is CS(=O)(=O)CCNC(=O)c1cccc(CN)c1. The molecular formula is C11H16N2O3S. The zero-order chi connectivity index (χ0) is 12.9. The summed E-state index contributed by atoms with van der Waals surface area (Å²) in [6.07, 6.45) is 1.13. The Hall–Kier alpha value is -1.40. The minimum Gasteiger partial charge on any atom is -0.351 e. The number of hydrogen-bond acceptors (Lipinski definition) is 4. The summed E-state index contributed by atoms with van der Waals surface area (Å²) in [5, 5.41) is 2.55. The summed E-state index contributed by atoms with van der Waals surface area (Å²) in [5.74, 6) is -0.348. The number of sulfone groups is 1. The van der Waals surface area contributed by atoms with Crippen LogP contribution in [0.25, 0.3) is 0 Å². The molecule has 0 aliphatic rings. The van der Waals surface area contributed by atoms with Crippen molar-refractivity contribution < 1.29 is 13.2 Å². The maximum atomic E-state index is 11.7. The van der Waals surface area contributed by atoms with Gasteiger partial charge in [-0.2, -0.15) is 0 Å². The summed E-state index contributed by atoms with van der Waals surface area (Å²) in [7, 11) is -3.05. The van der Waals surface area contributed by atoms with Gasteiger partial charge >= 0.3 is 0 Å². The first-order chi connectivity index (χ1) is 7.92. The Labute approximate surface area is 101 Å². The molecule has 3 N–H and O–H groups in total. The van der Waals surface area contributed by atoms with Gasteiger partial charge in [-0.05, 0) is 17.7 Å². The minimum absolute atomic E-state index is 0.0602. The topological polar surface area (TPSA) is 89.3 Å². The number of carbonyl (C=O) groups excluding carboxylic acids is 1. The van der Waals surface area contributed by atoms with E-state index >= 15 is 0 Å². The Kier molecular flexibility index (Phi) is 4.65. The molecule has 94 valence electrons. The van der Waals surface area contributed by atoms with Crippen molar-refractivity contribution >= 4 is 15.7 Å². The minimum atomic E-state index is -3.05. The van der Waals surface area contributed by atoms with Crippen molar-refractivity contribution in [2.75, 3.05) is 18.6 Å². The van der Waals surface area contributed by atoms with Crippen molar-refractivity contribution in [1.82, 2.24) is 5.32 Å². The Bertz CT molecular complexity index is 497. The van der Waals surface area contributed by atoms with E-state index in [2.05, 4.69) is 5.32 Å². The summed E-state index contributed by atoms with van der Waals surface area (Å²) < 4.78 is 21.8. The zero-order valence-corrected chi connectivity index (χ0v) is 10.5. The second kappa shape index (κ2) is 5.79. The molecule has 0 aromatic heterocycles. The average molecular weight is 256 g/mol. The van der Waals surface area contributed by atoms with Crippen molar-refractivity contribution in [1.29, 1.82) is 0 Å². The molecule has 0 unspecified atom stereocenters. The summed E-state index contributed by atoms with van der Waals surface area (Å²) in [5.41, 5.74) is 6.81. The van der Waals surface area contributed by atoms with E-state index < -0.39 is 9.84 Å². The molecule has 0 spiro atoms. The fourth-order valence-corrected chi connectivity index (χ4v) is 1.76. The highest BCUT2D eigenvalue weighted by Crippen LogP contribution is 2.04. The first-order valence-corrected chi connectivity index (χ1v) is 7.23. The van der Waals surface area contributed by atoms with E-state index in [1.54, 1.807) is 18.2 Å². The van der Waals surface area contributed by atoms with Crippen LogP contribution in [0.15, 0.2) is 24.3 Å². The fourth-order valence-electron chi connectivity index (χ4n) is 1.29. The highest BCUT2D eigenvalue weighted by atomic mass is 32.2. The maximum Gasteiger partial charge on any atom is 0.251 e. The highest BCUT2D eigenvalue weighted by Gasteiger charge is 2.07. The van der Waals surface area contributed by atoms with Gasteiger partial charge in [0.1, 0.15) is 9.84 Å². The van der Waals surface area contributed by atoms with Gasteiger partial charge in [-0.15, -0.1) is 0 Å². The van der Waals surface area contributed by atoms with Crippen LogP contribution >= 0.6 is 0 Å². The third kappa shape index (κ3) is 4.97. The monoisotopic (exact) mass is 256 g/mol. The Morgan fingerprint density at radius 2 is 2.12 bits per heavy atom. The van der Waals surface area contributed by atoms with Crippen LogP contribution in [0.1, 0.15) is 15.9 Å². The van der Waals surface area contributed by atoms with E-state index in [0.29, 0.717) is 12.1 Å². The van der Waals surface area contributed by atoms with Gasteiger partial charge in [0.25, 0.3) is 5.91 Å². The van der Waals surface area contributed by atoms with Crippen LogP contribution in [-0.2, 0) is 16.4 Å². The number of nitrogens with one attached hydrogen (secondary N) is 1. The summed E-state index contributed by atoms with van der Waals surface area (Å²) in [6.45, 7) is 0.481. The largest absolute Gasteiger partial charge is 0.351 e. The third-order valence-corrected chi connectivity index (χ3v) is 3.13. The maximum absolute atomic E-state index is 11.7. The van der Waals surface area contributed by atoms with Gasteiger partial charge in [-0.25, -0.2) is 8.42 Å². The predicted molar refractivity (Wildman–Crippen MR) is 66.4 cm³/mol. The standard InChI is InChI=1S/C11H16N2O3S/c1-17(15,16)6-5-13-11(14)10-4-2-3-9(7-10)8-12/h2-4,7H,5-6,8,12H2,1H3,(H,13,14). The van der Waals surface area contributed by atoms with E-state index in [1.807, 2.05) is 6.07 Å². The van der Waals surface area contributed by atoms with Crippen LogP contribution in [0, 0.1) is 0 Å². The van der Waals surface area contributed by atoms with Gasteiger partial charge < -0.3 is 11.1 Å². The number of amides is 1. The van der Waals surface area contributed by atoms with Gasteiger partial charge in [0.2, 0.25) is 0 Å². The number of hydrogen-bond donors (Lipinski definition) is 2. The zero-order valence-electron chi connectivity index (χ0n) is 9.64. The summed E-state index contributed by atoms with van der Waals surface area (Å²) >= 11 is 0. The molecule has 0 aliphatic heterocycles. The van der Waals surface area contributed by atoms with Crippen molar-refractivity contribution in [2.24, 2.45) is 5.73 Å². The lowest BCUT2D eigenvalue weighted by Crippen LogP contribution is -2.28. The van der Waals surface area contributed by atoms with Crippen molar-refractivity contribution in [3.63, 3.8) is 0 Å². The molecule has 0 fully saturated rings. The van der Waals surface area contributed by atoms with Crippen LogP contribution in [0.2, 0.25) is 0 Å². The quantitative estimate of drug-likeness (QED) is 0.771. The molecule has 1 aromatic carbocycles. The molecule has 0 saturated heterocycles. The Balaban J connectivity index is 2.58. The Morgan fingerprint density at radius 1 is 1.41 bits per heavy atom. The molecule has 0 heterocycles. The summed E-state index contributed by atoms with van der Waals surface area (Å²) in [6, 6.07) is 6.92. The van der Waals surface area contributed by atoms with Gasteiger partial charge in [-0.1, -0.05) is 12.1 Å². The molecule has 1 rings (SSSR count). The highest BCUT2D eigenvalue weighted by molar-refractivity contribution is 7.90.